The second kappa shape index (κ2) is 4.52. The largest absolute Gasteiger partial charge is 0.355 e. The van der Waals surface area contributed by atoms with Crippen molar-refractivity contribution in [2.75, 3.05) is 19.6 Å². The maximum Gasteiger partial charge on any atom is 0.225 e. The Balaban J connectivity index is 1.76. The fourth-order valence-electron chi connectivity index (χ4n) is 2.72. The van der Waals surface area contributed by atoms with Crippen LogP contribution in [0.25, 0.3) is 0 Å². The van der Waals surface area contributed by atoms with Gasteiger partial charge in [0.25, 0.3) is 0 Å². The van der Waals surface area contributed by atoms with Gasteiger partial charge in [-0.2, -0.15) is 0 Å². The topological polar surface area (TPSA) is 41.1 Å². The quantitative estimate of drug-likeness (QED) is 0.737. The number of hydrogen-bond acceptors (Lipinski definition) is 2. The highest BCUT2D eigenvalue weighted by Crippen LogP contribution is 2.37. The lowest BCUT2D eigenvalue weighted by molar-refractivity contribution is -0.130. The lowest BCUT2D eigenvalue weighted by Crippen LogP contribution is -2.39. The minimum Gasteiger partial charge on any atom is -0.355 e. The number of amides is 1. The summed E-state index contributed by atoms with van der Waals surface area (Å²) < 4.78 is 0. The molecule has 86 valence electrons. The average molecular weight is 210 g/mol. The SMILES string of the molecule is CC1(C(=O)NCC2CCNC2)CCCC1. The number of hydrogen-bond donors (Lipinski definition) is 2. The zero-order chi connectivity index (χ0) is 10.7. The Morgan fingerprint density at radius 3 is 2.80 bits per heavy atom. The minimum absolute atomic E-state index is 0.0635. The first kappa shape index (κ1) is 10.9. The normalized spacial score (nSPS) is 29.3. The molecule has 2 N–H and O–H groups in total. The lowest BCUT2D eigenvalue weighted by Gasteiger charge is -2.23. The van der Waals surface area contributed by atoms with Crippen LogP contribution < -0.4 is 10.6 Å². The van der Waals surface area contributed by atoms with E-state index in [2.05, 4.69) is 17.6 Å². The van der Waals surface area contributed by atoms with Gasteiger partial charge in [0.1, 0.15) is 0 Å². The van der Waals surface area contributed by atoms with Gasteiger partial charge in [0.2, 0.25) is 5.91 Å². The first-order chi connectivity index (χ1) is 7.21. The Labute approximate surface area is 92.0 Å². The smallest absolute Gasteiger partial charge is 0.225 e. The van der Waals surface area contributed by atoms with Crippen molar-refractivity contribution in [3.63, 3.8) is 0 Å². The molecule has 0 aromatic rings. The standard InChI is InChI=1S/C12H22N2O/c1-12(5-2-3-6-12)11(15)14-9-10-4-7-13-8-10/h10,13H,2-9H2,1H3,(H,14,15). The van der Waals surface area contributed by atoms with E-state index in [0.717, 1.165) is 32.5 Å². The number of rotatable bonds is 3. The molecule has 1 saturated carbocycles. The first-order valence-electron chi connectivity index (χ1n) is 6.20. The average Bonchev–Trinajstić information content (AvgIpc) is 2.85. The predicted octanol–water partition coefficient (Wildman–Crippen LogP) is 1.29. The van der Waals surface area contributed by atoms with E-state index in [1.807, 2.05) is 0 Å². The molecule has 0 aromatic heterocycles. The summed E-state index contributed by atoms with van der Waals surface area (Å²) in [5.74, 6) is 0.936. The lowest BCUT2D eigenvalue weighted by atomic mass is 9.87. The second-order valence-electron chi connectivity index (χ2n) is 5.34. The number of carbonyl (C=O) groups is 1. The number of carbonyl (C=O) groups excluding carboxylic acids is 1. The van der Waals surface area contributed by atoms with Crippen molar-refractivity contribution in [3.8, 4) is 0 Å². The molecule has 0 radical (unpaired) electrons. The van der Waals surface area contributed by atoms with Gasteiger partial charge in [-0.1, -0.05) is 19.8 Å². The van der Waals surface area contributed by atoms with Gasteiger partial charge in [-0.15, -0.1) is 0 Å². The number of nitrogens with one attached hydrogen (secondary N) is 2. The minimum atomic E-state index is -0.0635. The molecule has 3 heteroatoms. The van der Waals surface area contributed by atoms with Crippen molar-refractivity contribution < 1.29 is 4.79 Å². The maximum atomic E-state index is 12.0. The molecule has 0 bridgehead atoms. The van der Waals surface area contributed by atoms with Crippen LogP contribution in [0, 0.1) is 11.3 Å². The van der Waals surface area contributed by atoms with Crippen LogP contribution in [0.2, 0.25) is 0 Å². The van der Waals surface area contributed by atoms with E-state index in [9.17, 15) is 4.79 Å². The Morgan fingerprint density at radius 2 is 2.20 bits per heavy atom. The van der Waals surface area contributed by atoms with Gasteiger partial charge in [-0.05, 0) is 38.3 Å². The summed E-state index contributed by atoms with van der Waals surface area (Å²) >= 11 is 0. The van der Waals surface area contributed by atoms with Gasteiger partial charge in [0.05, 0.1) is 0 Å². The van der Waals surface area contributed by atoms with E-state index in [4.69, 9.17) is 0 Å². The van der Waals surface area contributed by atoms with Crippen LogP contribution in [-0.4, -0.2) is 25.5 Å². The van der Waals surface area contributed by atoms with Crippen LogP contribution in [0.15, 0.2) is 0 Å². The van der Waals surface area contributed by atoms with Crippen molar-refractivity contribution in [1.82, 2.24) is 10.6 Å². The van der Waals surface area contributed by atoms with Crippen molar-refractivity contribution in [2.24, 2.45) is 11.3 Å². The fourth-order valence-corrected chi connectivity index (χ4v) is 2.72. The molecule has 15 heavy (non-hydrogen) atoms. The Morgan fingerprint density at radius 1 is 1.47 bits per heavy atom. The highest BCUT2D eigenvalue weighted by Gasteiger charge is 2.36. The third kappa shape index (κ3) is 2.51. The summed E-state index contributed by atoms with van der Waals surface area (Å²) in [6.07, 6.45) is 5.78. The monoisotopic (exact) mass is 210 g/mol. The van der Waals surface area contributed by atoms with Gasteiger partial charge in [-0.25, -0.2) is 0 Å². The van der Waals surface area contributed by atoms with Gasteiger partial charge in [-0.3, -0.25) is 4.79 Å². The van der Waals surface area contributed by atoms with Crippen LogP contribution in [0.1, 0.15) is 39.0 Å². The molecule has 1 saturated heterocycles. The summed E-state index contributed by atoms with van der Waals surface area (Å²) in [4.78, 5) is 12.0. The fraction of sp³-hybridized carbons (Fsp3) is 0.917. The van der Waals surface area contributed by atoms with Crippen molar-refractivity contribution in [3.05, 3.63) is 0 Å². The third-order valence-corrected chi connectivity index (χ3v) is 3.97. The highest BCUT2D eigenvalue weighted by atomic mass is 16.2. The molecule has 3 nitrogen and oxygen atoms in total. The molecule has 0 spiro atoms. The molecule has 1 amide bonds. The Kier molecular flexibility index (Phi) is 3.29. The van der Waals surface area contributed by atoms with Gasteiger partial charge in [0, 0.05) is 12.0 Å². The van der Waals surface area contributed by atoms with Gasteiger partial charge in [0.15, 0.2) is 0 Å². The molecule has 1 heterocycles. The highest BCUT2D eigenvalue weighted by molar-refractivity contribution is 5.82. The van der Waals surface area contributed by atoms with E-state index in [0.29, 0.717) is 5.92 Å². The van der Waals surface area contributed by atoms with E-state index in [1.54, 1.807) is 0 Å². The molecule has 1 aliphatic heterocycles. The van der Waals surface area contributed by atoms with Crippen LogP contribution in [0.4, 0.5) is 0 Å². The molecule has 1 atom stereocenters. The molecule has 1 aliphatic carbocycles. The summed E-state index contributed by atoms with van der Waals surface area (Å²) in [5.41, 5.74) is -0.0635. The Hall–Kier alpha value is -0.570. The predicted molar refractivity (Wildman–Crippen MR) is 60.6 cm³/mol. The van der Waals surface area contributed by atoms with Crippen molar-refractivity contribution in [2.45, 2.75) is 39.0 Å². The van der Waals surface area contributed by atoms with Gasteiger partial charge >= 0.3 is 0 Å². The summed E-state index contributed by atoms with van der Waals surface area (Å²) in [7, 11) is 0. The van der Waals surface area contributed by atoms with E-state index < -0.39 is 0 Å². The van der Waals surface area contributed by atoms with E-state index in [1.165, 1.54) is 19.3 Å². The van der Waals surface area contributed by atoms with Gasteiger partial charge < -0.3 is 10.6 Å². The third-order valence-electron chi connectivity index (χ3n) is 3.97. The molecule has 0 aromatic carbocycles. The molecule has 2 aliphatic rings. The van der Waals surface area contributed by atoms with Crippen LogP contribution in [0.3, 0.4) is 0 Å². The van der Waals surface area contributed by atoms with E-state index in [-0.39, 0.29) is 11.3 Å². The first-order valence-corrected chi connectivity index (χ1v) is 6.20. The molecular formula is C12H22N2O. The maximum absolute atomic E-state index is 12.0. The molecular weight excluding hydrogens is 188 g/mol. The second-order valence-corrected chi connectivity index (χ2v) is 5.34. The summed E-state index contributed by atoms with van der Waals surface area (Å²) in [5, 5.41) is 6.45. The van der Waals surface area contributed by atoms with E-state index >= 15 is 0 Å². The molecule has 2 rings (SSSR count). The zero-order valence-corrected chi connectivity index (χ0v) is 9.64. The van der Waals surface area contributed by atoms with Crippen LogP contribution in [-0.2, 0) is 4.79 Å². The molecule has 1 unspecified atom stereocenters. The zero-order valence-electron chi connectivity index (χ0n) is 9.64. The van der Waals surface area contributed by atoms with Crippen LogP contribution in [0.5, 0.6) is 0 Å². The molecule has 2 fully saturated rings. The van der Waals surface area contributed by atoms with Crippen molar-refractivity contribution in [1.29, 1.82) is 0 Å². The summed E-state index contributed by atoms with van der Waals surface area (Å²) in [6.45, 7) is 5.15. The Bertz CT molecular complexity index is 228. The summed E-state index contributed by atoms with van der Waals surface area (Å²) in [6, 6.07) is 0. The van der Waals surface area contributed by atoms with Crippen LogP contribution >= 0.6 is 0 Å². The van der Waals surface area contributed by atoms with Crippen molar-refractivity contribution >= 4 is 5.91 Å².